The Morgan fingerprint density at radius 3 is 3.00 bits per heavy atom. The second kappa shape index (κ2) is 3.23. The normalized spacial score (nSPS) is 22.9. The van der Waals surface area contributed by atoms with E-state index in [4.69, 9.17) is 5.73 Å². The Kier molecular flexibility index (Phi) is 2.30. The van der Waals surface area contributed by atoms with Gasteiger partial charge in [-0.1, -0.05) is 0 Å². The van der Waals surface area contributed by atoms with Crippen LogP contribution in [-0.4, -0.2) is 24.5 Å². The van der Waals surface area contributed by atoms with Crippen LogP contribution in [0.15, 0.2) is 0 Å². The van der Waals surface area contributed by atoms with Crippen molar-refractivity contribution in [1.29, 1.82) is 0 Å². The number of carbonyl (C=O) groups excluding carboxylic acids is 2. The lowest BCUT2D eigenvalue weighted by Crippen LogP contribution is -2.40. The van der Waals surface area contributed by atoms with Gasteiger partial charge >= 0.3 is 6.03 Å². The minimum absolute atomic E-state index is 0.0428. The van der Waals surface area contributed by atoms with E-state index in [1.165, 1.54) is 0 Å². The van der Waals surface area contributed by atoms with Crippen molar-refractivity contribution in [1.82, 2.24) is 10.6 Å². The monoisotopic (exact) mass is 157 g/mol. The molecule has 1 rings (SSSR count). The zero-order chi connectivity index (χ0) is 8.27. The molecule has 1 aliphatic heterocycles. The summed E-state index contributed by atoms with van der Waals surface area (Å²) in [6.07, 6.45) is 1.32. The predicted molar refractivity (Wildman–Crippen MR) is 38.8 cm³/mol. The van der Waals surface area contributed by atoms with Crippen LogP contribution in [0.2, 0.25) is 0 Å². The van der Waals surface area contributed by atoms with Crippen LogP contribution in [-0.2, 0) is 4.79 Å². The molecule has 0 aromatic heterocycles. The lowest BCUT2D eigenvalue weighted by molar-refractivity contribution is -0.119. The van der Waals surface area contributed by atoms with Gasteiger partial charge in [-0.3, -0.25) is 4.79 Å². The summed E-state index contributed by atoms with van der Waals surface area (Å²) in [5, 5.41) is 5.13. The molecule has 62 valence electrons. The molecule has 1 fully saturated rings. The number of carbonyl (C=O) groups is 2. The smallest absolute Gasteiger partial charge is 0.312 e. The van der Waals surface area contributed by atoms with Gasteiger partial charge in [-0.05, 0) is 6.42 Å². The number of urea groups is 1. The Balaban J connectivity index is 2.18. The number of hydrogen-bond acceptors (Lipinski definition) is 2. The topological polar surface area (TPSA) is 84.2 Å². The van der Waals surface area contributed by atoms with Crippen molar-refractivity contribution in [2.45, 2.75) is 18.9 Å². The molecule has 0 aromatic carbocycles. The van der Waals surface area contributed by atoms with Crippen LogP contribution in [0.3, 0.4) is 0 Å². The molecule has 0 radical (unpaired) electrons. The fraction of sp³-hybridized carbons (Fsp3) is 0.667. The first-order valence-electron chi connectivity index (χ1n) is 3.51. The quantitative estimate of drug-likeness (QED) is 0.477. The summed E-state index contributed by atoms with van der Waals surface area (Å²) < 4.78 is 0. The van der Waals surface area contributed by atoms with Crippen molar-refractivity contribution in [3.8, 4) is 0 Å². The third-order valence-electron chi connectivity index (χ3n) is 1.61. The third-order valence-corrected chi connectivity index (χ3v) is 1.61. The van der Waals surface area contributed by atoms with Crippen LogP contribution in [0, 0.1) is 0 Å². The van der Waals surface area contributed by atoms with Gasteiger partial charge in [-0.25, -0.2) is 4.79 Å². The van der Waals surface area contributed by atoms with E-state index in [1.807, 2.05) is 0 Å². The van der Waals surface area contributed by atoms with Crippen molar-refractivity contribution in [3.05, 3.63) is 0 Å². The molecule has 5 heteroatoms. The Morgan fingerprint density at radius 2 is 2.55 bits per heavy atom. The number of amides is 3. The van der Waals surface area contributed by atoms with E-state index in [1.54, 1.807) is 0 Å². The fourth-order valence-corrected chi connectivity index (χ4v) is 1.05. The van der Waals surface area contributed by atoms with E-state index in [-0.39, 0.29) is 11.9 Å². The third kappa shape index (κ3) is 2.45. The highest BCUT2D eigenvalue weighted by molar-refractivity contribution is 5.78. The maximum absolute atomic E-state index is 10.6. The van der Waals surface area contributed by atoms with E-state index >= 15 is 0 Å². The first-order valence-corrected chi connectivity index (χ1v) is 3.51. The van der Waals surface area contributed by atoms with Gasteiger partial charge in [-0.15, -0.1) is 0 Å². The van der Waals surface area contributed by atoms with Crippen LogP contribution in [0.5, 0.6) is 0 Å². The van der Waals surface area contributed by atoms with Crippen LogP contribution in [0.1, 0.15) is 12.8 Å². The largest absolute Gasteiger partial charge is 0.352 e. The average molecular weight is 157 g/mol. The van der Waals surface area contributed by atoms with E-state index in [0.29, 0.717) is 13.0 Å². The van der Waals surface area contributed by atoms with Crippen molar-refractivity contribution < 1.29 is 9.59 Å². The van der Waals surface area contributed by atoms with Gasteiger partial charge in [0.25, 0.3) is 0 Å². The Labute approximate surface area is 64.3 Å². The molecule has 0 unspecified atom stereocenters. The van der Waals surface area contributed by atoms with Crippen molar-refractivity contribution in [2.75, 3.05) is 6.54 Å². The second-order valence-corrected chi connectivity index (χ2v) is 2.55. The summed E-state index contributed by atoms with van der Waals surface area (Å²) in [5.41, 5.74) is 4.84. The molecule has 0 aliphatic carbocycles. The predicted octanol–water partition coefficient (Wildman–Crippen LogP) is -1.07. The fourth-order valence-electron chi connectivity index (χ4n) is 1.05. The van der Waals surface area contributed by atoms with Gasteiger partial charge in [0.15, 0.2) is 0 Å². The zero-order valence-electron chi connectivity index (χ0n) is 6.09. The maximum Gasteiger partial charge on any atom is 0.312 e. The summed E-state index contributed by atoms with van der Waals surface area (Å²) in [7, 11) is 0. The van der Waals surface area contributed by atoms with Gasteiger partial charge < -0.3 is 16.4 Å². The van der Waals surface area contributed by atoms with Crippen LogP contribution >= 0.6 is 0 Å². The van der Waals surface area contributed by atoms with Crippen molar-refractivity contribution in [2.24, 2.45) is 5.73 Å². The minimum atomic E-state index is -0.550. The summed E-state index contributed by atoms with van der Waals surface area (Å²) >= 11 is 0. The summed E-state index contributed by atoms with van der Waals surface area (Å²) in [5.74, 6) is 0.0428. The molecule has 0 aromatic rings. The lowest BCUT2D eigenvalue weighted by atomic mass is 10.2. The molecule has 0 bridgehead atoms. The molecule has 0 spiro atoms. The summed E-state index contributed by atoms with van der Waals surface area (Å²) in [4.78, 5) is 20.9. The maximum atomic E-state index is 10.6. The minimum Gasteiger partial charge on any atom is -0.352 e. The Hall–Kier alpha value is -1.26. The van der Waals surface area contributed by atoms with Crippen LogP contribution in [0.4, 0.5) is 4.79 Å². The van der Waals surface area contributed by atoms with Crippen LogP contribution < -0.4 is 16.4 Å². The SMILES string of the molecule is NC(=O)NC[C@@H]1CCC(=O)N1. The number of hydrogen-bond donors (Lipinski definition) is 3. The molecule has 0 saturated carbocycles. The molecule has 1 atom stereocenters. The molecule has 4 N–H and O–H groups in total. The van der Waals surface area contributed by atoms with Gasteiger partial charge in [0.2, 0.25) is 5.91 Å². The Bertz CT molecular complexity index is 181. The van der Waals surface area contributed by atoms with Gasteiger partial charge in [0.1, 0.15) is 0 Å². The summed E-state index contributed by atoms with van der Waals surface area (Å²) in [6.45, 7) is 0.432. The second-order valence-electron chi connectivity index (χ2n) is 2.55. The number of rotatable bonds is 2. The number of nitrogens with two attached hydrogens (primary N) is 1. The van der Waals surface area contributed by atoms with E-state index in [2.05, 4.69) is 10.6 Å². The number of nitrogens with one attached hydrogen (secondary N) is 2. The Morgan fingerprint density at radius 1 is 1.82 bits per heavy atom. The van der Waals surface area contributed by atoms with E-state index in [0.717, 1.165) is 6.42 Å². The molecule has 1 aliphatic rings. The zero-order valence-corrected chi connectivity index (χ0v) is 6.09. The number of primary amides is 1. The molecule has 1 heterocycles. The standard InChI is InChI=1S/C6H11N3O2/c7-6(11)8-3-4-1-2-5(10)9-4/h4H,1-3H2,(H,9,10)(H3,7,8,11)/t4-/m0/s1. The first-order chi connectivity index (χ1) is 5.18. The average Bonchev–Trinajstić information content (AvgIpc) is 2.31. The molecular weight excluding hydrogens is 146 g/mol. The lowest BCUT2D eigenvalue weighted by Gasteiger charge is -2.08. The van der Waals surface area contributed by atoms with Crippen LogP contribution in [0.25, 0.3) is 0 Å². The molecule has 1 saturated heterocycles. The highest BCUT2D eigenvalue weighted by Crippen LogP contribution is 2.04. The highest BCUT2D eigenvalue weighted by atomic mass is 16.2. The van der Waals surface area contributed by atoms with E-state index in [9.17, 15) is 9.59 Å². The van der Waals surface area contributed by atoms with Gasteiger partial charge in [0, 0.05) is 19.0 Å². The van der Waals surface area contributed by atoms with Crippen molar-refractivity contribution >= 4 is 11.9 Å². The highest BCUT2D eigenvalue weighted by Gasteiger charge is 2.20. The van der Waals surface area contributed by atoms with Gasteiger partial charge in [0.05, 0.1) is 0 Å². The molecule has 3 amide bonds. The van der Waals surface area contributed by atoms with Crippen molar-refractivity contribution in [3.63, 3.8) is 0 Å². The summed E-state index contributed by atoms with van der Waals surface area (Å²) in [6, 6.07) is -0.485. The molecular formula is C6H11N3O2. The molecule has 11 heavy (non-hydrogen) atoms. The van der Waals surface area contributed by atoms with Gasteiger partial charge in [-0.2, -0.15) is 0 Å². The van der Waals surface area contributed by atoms with E-state index < -0.39 is 6.03 Å². The first kappa shape index (κ1) is 7.84. The molecule has 5 nitrogen and oxygen atoms in total.